The lowest BCUT2D eigenvalue weighted by Gasteiger charge is -2.12. The molecule has 2 N–H and O–H groups in total. The molecule has 0 saturated heterocycles. The first-order valence-corrected chi connectivity index (χ1v) is 7.38. The lowest BCUT2D eigenvalue weighted by molar-refractivity contribution is -0.114. The van der Waals surface area contributed by atoms with Crippen LogP contribution in [0.2, 0.25) is 0 Å². The van der Waals surface area contributed by atoms with Crippen LogP contribution in [-0.4, -0.2) is 27.5 Å². The maximum absolute atomic E-state index is 12.2. The molecule has 1 fully saturated rings. The largest absolute Gasteiger partial charge is 0.495 e. The van der Waals surface area contributed by atoms with E-state index in [1.54, 1.807) is 6.07 Å². The number of hydrogen-bond acceptors (Lipinski definition) is 4. The Hall–Kier alpha value is -1.60. The zero-order valence-corrected chi connectivity index (χ0v) is 11.6. The average molecular weight is 284 g/mol. The predicted molar refractivity (Wildman–Crippen MR) is 70.6 cm³/mol. The zero-order valence-electron chi connectivity index (χ0n) is 10.8. The molecule has 1 aromatic rings. The summed E-state index contributed by atoms with van der Waals surface area (Å²) in [6.07, 6.45) is 1.71. The summed E-state index contributed by atoms with van der Waals surface area (Å²) in [6.45, 7) is 1.36. The van der Waals surface area contributed by atoms with Gasteiger partial charge in [-0.05, 0) is 31.0 Å². The van der Waals surface area contributed by atoms with Crippen molar-refractivity contribution >= 4 is 21.6 Å². The highest BCUT2D eigenvalue weighted by atomic mass is 32.2. The van der Waals surface area contributed by atoms with Crippen LogP contribution in [-0.2, 0) is 14.8 Å². The summed E-state index contributed by atoms with van der Waals surface area (Å²) in [7, 11) is -2.22. The molecule has 1 aromatic carbocycles. The highest BCUT2D eigenvalue weighted by molar-refractivity contribution is 7.89. The number of anilines is 1. The van der Waals surface area contributed by atoms with Crippen molar-refractivity contribution in [3.63, 3.8) is 0 Å². The molecule has 2 rings (SSSR count). The molecule has 0 heterocycles. The number of ether oxygens (including phenoxy) is 1. The number of hydrogen-bond donors (Lipinski definition) is 2. The average Bonchev–Trinajstić information content (AvgIpc) is 3.11. The number of carbonyl (C=O) groups excluding carboxylic acids is 1. The van der Waals surface area contributed by atoms with E-state index in [4.69, 9.17) is 4.74 Å². The zero-order chi connectivity index (χ0) is 14.0. The highest BCUT2D eigenvalue weighted by Crippen LogP contribution is 2.29. The van der Waals surface area contributed by atoms with Crippen LogP contribution in [0.25, 0.3) is 0 Å². The first-order chi connectivity index (χ1) is 8.92. The minimum absolute atomic E-state index is 0.0131. The van der Waals surface area contributed by atoms with E-state index in [9.17, 15) is 13.2 Å². The summed E-state index contributed by atoms with van der Waals surface area (Å²) in [6, 6.07) is 4.52. The molecule has 19 heavy (non-hydrogen) atoms. The maximum Gasteiger partial charge on any atom is 0.244 e. The Bertz CT molecular complexity index is 594. The van der Waals surface area contributed by atoms with Gasteiger partial charge < -0.3 is 10.1 Å². The topological polar surface area (TPSA) is 84.5 Å². The second-order valence-electron chi connectivity index (χ2n) is 4.44. The van der Waals surface area contributed by atoms with Crippen LogP contribution in [0.3, 0.4) is 0 Å². The quantitative estimate of drug-likeness (QED) is 0.848. The van der Waals surface area contributed by atoms with Crippen LogP contribution in [0.4, 0.5) is 5.69 Å². The molecular weight excluding hydrogens is 268 g/mol. The number of amides is 1. The van der Waals surface area contributed by atoms with Crippen LogP contribution >= 0.6 is 0 Å². The molecule has 1 aliphatic rings. The Kier molecular flexibility index (Phi) is 3.77. The Morgan fingerprint density at radius 2 is 2.05 bits per heavy atom. The molecule has 104 valence electrons. The number of sulfonamides is 1. The Balaban J connectivity index is 2.37. The van der Waals surface area contributed by atoms with Crippen LogP contribution < -0.4 is 14.8 Å². The first kappa shape index (κ1) is 13.8. The molecule has 1 amide bonds. The molecule has 0 unspecified atom stereocenters. The van der Waals surface area contributed by atoms with Gasteiger partial charge in [-0.25, -0.2) is 13.1 Å². The minimum atomic E-state index is -3.62. The lowest BCUT2D eigenvalue weighted by atomic mass is 10.3. The molecule has 7 heteroatoms. The van der Waals surface area contributed by atoms with Gasteiger partial charge in [0.2, 0.25) is 15.9 Å². The Morgan fingerprint density at radius 1 is 1.37 bits per heavy atom. The van der Waals surface area contributed by atoms with Gasteiger partial charge in [-0.15, -0.1) is 0 Å². The van der Waals surface area contributed by atoms with Gasteiger partial charge >= 0.3 is 0 Å². The van der Waals surface area contributed by atoms with E-state index in [0.29, 0.717) is 5.69 Å². The fourth-order valence-electron chi connectivity index (χ4n) is 1.65. The van der Waals surface area contributed by atoms with Gasteiger partial charge in [-0.1, -0.05) is 0 Å². The summed E-state index contributed by atoms with van der Waals surface area (Å²) in [4.78, 5) is 11.0. The molecule has 0 bridgehead atoms. The van der Waals surface area contributed by atoms with Crippen molar-refractivity contribution in [2.24, 2.45) is 0 Å². The summed E-state index contributed by atoms with van der Waals surface area (Å²) >= 11 is 0. The molecule has 6 nitrogen and oxygen atoms in total. The van der Waals surface area contributed by atoms with Gasteiger partial charge in [0.1, 0.15) is 10.6 Å². The molecule has 1 aliphatic carbocycles. The SMILES string of the molecule is COc1ccc(NC(C)=O)cc1S(=O)(=O)NC1CC1. The van der Waals surface area contributed by atoms with Gasteiger partial charge in [0, 0.05) is 18.7 Å². The van der Waals surface area contributed by atoms with Crippen molar-refractivity contribution in [2.45, 2.75) is 30.7 Å². The number of rotatable bonds is 5. The molecule has 0 spiro atoms. The van der Waals surface area contributed by atoms with E-state index < -0.39 is 10.0 Å². The Labute approximate surface area is 112 Å². The van der Waals surface area contributed by atoms with E-state index in [-0.39, 0.29) is 22.6 Å². The summed E-state index contributed by atoms with van der Waals surface area (Å²) in [5, 5.41) is 2.55. The summed E-state index contributed by atoms with van der Waals surface area (Å²) in [5.41, 5.74) is 0.421. The van der Waals surface area contributed by atoms with Crippen LogP contribution in [0, 0.1) is 0 Å². The van der Waals surface area contributed by atoms with Crippen molar-refractivity contribution in [3.8, 4) is 5.75 Å². The van der Waals surface area contributed by atoms with E-state index in [1.807, 2.05) is 0 Å². The van der Waals surface area contributed by atoms with E-state index in [1.165, 1.54) is 26.2 Å². The molecule has 1 saturated carbocycles. The van der Waals surface area contributed by atoms with Crippen molar-refractivity contribution in [3.05, 3.63) is 18.2 Å². The van der Waals surface area contributed by atoms with Crippen molar-refractivity contribution in [2.75, 3.05) is 12.4 Å². The van der Waals surface area contributed by atoms with E-state index in [2.05, 4.69) is 10.0 Å². The second-order valence-corrected chi connectivity index (χ2v) is 6.12. The van der Waals surface area contributed by atoms with Crippen molar-refractivity contribution in [1.82, 2.24) is 4.72 Å². The molecule has 0 atom stereocenters. The van der Waals surface area contributed by atoms with Crippen molar-refractivity contribution < 1.29 is 17.9 Å². The van der Waals surface area contributed by atoms with Gasteiger partial charge in [0.05, 0.1) is 7.11 Å². The fourth-order valence-corrected chi connectivity index (χ4v) is 3.15. The predicted octanol–water partition coefficient (Wildman–Crippen LogP) is 1.09. The van der Waals surface area contributed by atoms with E-state index in [0.717, 1.165) is 12.8 Å². The van der Waals surface area contributed by atoms with Crippen molar-refractivity contribution in [1.29, 1.82) is 0 Å². The lowest BCUT2D eigenvalue weighted by Crippen LogP contribution is -2.26. The van der Waals surface area contributed by atoms with Gasteiger partial charge in [0.25, 0.3) is 0 Å². The first-order valence-electron chi connectivity index (χ1n) is 5.90. The summed E-state index contributed by atoms with van der Waals surface area (Å²) in [5.74, 6) is -0.00841. The van der Waals surface area contributed by atoms with Crippen LogP contribution in [0.5, 0.6) is 5.75 Å². The van der Waals surface area contributed by atoms with Gasteiger partial charge in [-0.3, -0.25) is 4.79 Å². The molecule has 0 aromatic heterocycles. The minimum Gasteiger partial charge on any atom is -0.495 e. The summed E-state index contributed by atoms with van der Waals surface area (Å²) < 4.78 is 32.0. The number of nitrogens with one attached hydrogen (secondary N) is 2. The third kappa shape index (κ3) is 3.45. The highest BCUT2D eigenvalue weighted by Gasteiger charge is 2.30. The second kappa shape index (κ2) is 5.18. The van der Waals surface area contributed by atoms with Crippen LogP contribution in [0.1, 0.15) is 19.8 Å². The fraction of sp³-hybridized carbons (Fsp3) is 0.417. The number of carbonyl (C=O) groups is 1. The number of benzene rings is 1. The Morgan fingerprint density at radius 3 is 2.58 bits per heavy atom. The molecular formula is C12H16N2O4S. The molecule has 0 radical (unpaired) electrons. The van der Waals surface area contributed by atoms with Gasteiger partial charge in [0.15, 0.2) is 0 Å². The third-order valence-electron chi connectivity index (χ3n) is 2.67. The van der Waals surface area contributed by atoms with Crippen LogP contribution in [0.15, 0.2) is 23.1 Å². The monoisotopic (exact) mass is 284 g/mol. The van der Waals surface area contributed by atoms with E-state index >= 15 is 0 Å². The number of methoxy groups -OCH3 is 1. The van der Waals surface area contributed by atoms with Gasteiger partial charge in [-0.2, -0.15) is 0 Å². The standard InChI is InChI=1S/C12H16N2O4S/c1-8(15)13-10-5-6-11(18-2)12(7-10)19(16,17)14-9-3-4-9/h5-7,9,14H,3-4H2,1-2H3,(H,13,15). The normalized spacial score (nSPS) is 15.1. The third-order valence-corrected chi connectivity index (χ3v) is 4.21. The molecule has 0 aliphatic heterocycles. The smallest absolute Gasteiger partial charge is 0.244 e. The maximum atomic E-state index is 12.2.